The van der Waals surface area contributed by atoms with E-state index in [0.717, 1.165) is 12.1 Å². The number of nitrogens with zero attached hydrogens (tertiary/aromatic N) is 1. The van der Waals surface area contributed by atoms with Crippen molar-refractivity contribution in [3.05, 3.63) is 65.4 Å². The van der Waals surface area contributed by atoms with Crippen molar-refractivity contribution in [2.75, 3.05) is 7.11 Å². The molecule has 0 saturated heterocycles. The third-order valence-corrected chi connectivity index (χ3v) is 3.37. The Hall–Kier alpha value is -3.29. The highest BCUT2D eigenvalue weighted by Crippen LogP contribution is 2.31. The maximum atomic E-state index is 12.4. The Morgan fingerprint density at radius 1 is 1.12 bits per heavy atom. The molecule has 3 rings (SSSR count). The van der Waals surface area contributed by atoms with Crippen molar-refractivity contribution >= 4 is 17.9 Å². The van der Waals surface area contributed by atoms with Crippen LogP contribution in [0.15, 0.2) is 59.2 Å². The Balaban J connectivity index is 1.96. The van der Waals surface area contributed by atoms with Gasteiger partial charge in [0.2, 0.25) is 5.90 Å². The largest absolute Gasteiger partial charge is 0.573 e. The van der Waals surface area contributed by atoms with Gasteiger partial charge in [-0.25, -0.2) is 9.79 Å². The lowest BCUT2D eigenvalue weighted by Crippen LogP contribution is -2.17. The Bertz CT molecular complexity index is 889. The first-order chi connectivity index (χ1) is 12.4. The molecule has 0 fully saturated rings. The fourth-order valence-corrected chi connectivity index (χ4v) is 2.28. The van der Waals surface area contributed by atoms with E-state index in [0.29, 0.717) is 5.56 Å². The van der Waals surface area contributed by atoms with Gasteiger partial charge in [-0.05, 0) is 36.4 Å². The molecule has 0 saturated carbocycles. The minimum atomic E-state index is -4.83. The highest BCUT2D eigenvalue weighted by atomic mass is 19.4. The normalized spacial score (nSPS) is 15.6. The average molecular weight is 363 g/mol. The molecule has 1 aliphatic heterocycles. The first kappa shape index (κ1) is 17.5. The van der Waals surface area contributed by atoms with Gasteiger partial charge in [-0.3, -0.25) is 0 Å². The predicted octanol–water partition coefficient (Wildman–Crippen LogP) is 3.94. The molecular formula is C18H12F3NO4. The van der Waals surface area contributed by atoms with E-state index >= 15 is 0 Å². The molecular weight excluding hydrogens is 351 g/mol. The molecule has 0 aliphatic carbocycles. The minimum absolute atomic E-state index is 0.0636. The van der Waals surface area contributed by atoms with Gasteiger partial charge in [0.05, 0.1) is 7.11 Å². The third-order valence-electron chi connectivity index (χ3n) is 3.37. The van der Waals surface area contributed by atoms with Gasteiger partial charge in [0.15, 0.2) is 5.70 Å². The number of ether oxygens (including phenoxy) is 3. The molecule has 0 unspecified atom stereocenters. The number of rotatable bonds is 4. The molecule has 0 atom stereocenters. The minimum Gasteiger partial charge on any atom is -0.496 e. The fourth-order valence-electron chi connectivity index (χ4n) is 2.28. The molecule has 0 bridgehead atoms. The molecule has 2 aromatic rings. The summed E-state index contributed by atoms with van der Waals surface area (Å²) in [7, 11) is 1.35. The molecule has 26 heavy (non-hydrogen) atoms. The van der Waals surface area contributed by atoms with Gasteiger partial charge in [-0.15, -0.1) is 13.2 Å². The topological polar surface area (TPSA) is 57.1 Å². The molecule has 0 radical (unpaired) electrons. The van der Waals surface area contributed by atoms with E-state index in [1.165, 1.54) is 19.3 Å². The second-order valence-electron chi connectivity index (χ2n) is 5.15. The number of carbonyl (C=O) groups is 1. The van der Waals surface area contributed by atoms with E-state index in [1.54, 1.807) is 30.3 Å². The monoisotopic (exact) mass is 363 g/mol. The van der Waals surface area contributed by atoms with Crippen LogP contribution in [0, 0.1) is 0 Å². The predicted molar refractivity (Wildman–Crippen MR) is 86.7 cm³/mol. The standard InChI is InChI=1S/C18H12F3NO4/c1-24-15-8-7-13(26-18(19,20)21)9-12(15)10-14-17(23)25-16(22-14)11-5-3-2-4-6-11/h2-10H,1H3. The Labute approximate surface area is 146 Å². The summed E-state index contributed by atoms with van der Waals surface area (Å²) in [5, 5.41) is 0. The van der Waals surface area contributed by atoms with Gasteiger partial charge in [0.25, 0.3) is 0 Å². The number of methoxy groups -OCH3 is 1. The van der Waals surface area contributed by atoms with Crippen LogP contribution < -0.4 is 9.47 Å². The van der Waals surface area contributed by atoms with Crippen LogP contribution in [0.5, 0.6) is 11.5 Å². The summed E-state index contributed by atoms with van der Waals surface area (Å²) < 4.78 is 51.3. The van der Waals surface area contributed by atoms with Gasteiger partial charge < -0.3 is 14.2 Å². The lowest BCUT2D eigenvalue weighted by atomic mass is 10.1. The Morgan fingerprint density at radius 2 is 1.85 bits per heavy atom. The number of esters is 1. The molecule has 1 heterocycles. The second-order valence-corrected chi connectivity index (χ2v) is 5.15. The highest BCUT2D eigenvalue weighted by molar-refractivity contribution is 6.12. The summed E-state index contributed by atoms with van der Waals surface area (Å²) in [5.74, 6) is -0.788. The summed E-state index contributed by atoms with van der Waals surface area (Å²) in [4.78, 5) is 16.1. The molecule has 0 N–H and O–H groups in total. The molecule has 8 heteroatoms. The number of hydrogen-bond donors (Lipinski definition) is 0. The maximum Gasteiger partial charge on any atom is 0.573 e. The highest BCUT2D eigenvalue weighted by Gasteiger charge is 2.31. The molecule has 134 valence electrons. The van der Waals surface area contributed by atoms with E-state index in [1.807, 2.05) is 0 Å². The first-order valence-electron chi connectivity index (χ1n) is 7.37. The first-order valence-corrected chi connectivity index (χ1v) is 7.37. The average Bonchev–Trinajstić information content (AvgIpc) is 2.95. The van der Waals surface area contributed by atoms with Crippen molar-refractivity contribution in [1.82, 2.24) is 0 Å². The number of cyclic esters (lactones) is 1. The number of benzene rings is 2. The molecule has 2 aromatic carbocycles. The zero-order chi connectivity index (χ0) is 18.7. The van der Waals surface area contributed by atoms with Gasteiger partial charge >= 0.3 is 12.3 Å². The van der Waals surface area contributed by atoms with Crippen LogP contribution in [0.25, 0.3) is 6.08 Å². The lowest BCUT2D eigenvalue weighted by molar-refractivity contribution is -0.274. The zero-order valence-electron chi connectivity index (χ0n) is 13.4. The van der Waals surface area contributed by atoms with Crippen molar-refractivity contribution in [3.63, 3.8) is 0 Å². The summed E-state index contributed by atoms with van der Waals surface area (Å²) in [5.41, 5.74) is 0.732. The second kappa shape index (κ2) is 6.91. The molecule has 0 aromatic heterocycles. The van der Waals surface area contributed by atoms with Crippen LogP contribution in [0.2, 0.25) is 0 Å². The van der Waals surface area contributed by atoms with E-state index in [4.69, 9.17) is 9.47 Å². The van der Waals surface area contributed by atoms with E-state index in [-0.39, 0.29) is 22.9 Å². The summed E-state index contributed by atoms with van der Waals surface area (Å²) in [6.45, 7) is 0. The number of alkyl halides is 3. The van der Waals surface area contributed by atoms with Gasteiger partial charge in [0.1, 0.15) is 11.5 Å². The van der Waals surface area contributed by atoms with Crippen LogP contribution in [0.4, 0.5) is 13.2 Å². The van der Waals surface area contributed by atoms with Crippen molar-refractivity contribution in [2.45, 2.75) is 6.36 Å². The van der Waals surface area contributed by atoms with Crippen LogP contribution in [-0.2, 0) is 9.53 Å². The Morgan fingerprint density at radius 3 is 2.50 bits per heavy atom. The van der Waals surface area contributed by atoms with Crippen molar-refractivity contribution < 1.29 is 32.2 Å². The van der Waals surface area contributed by atoms with Crippen molar-refractivity contribution in [2.24, 2.45) is 4.99 Å². The number of halogens is 3. The molecule has 0 spiro atoms. The van der Waals surface area contributed by atoms with Crippen LogP contribution in [-0.4, -0.2) is 25.3 Å². The summed E-state index contributed by atoms with van der Waals surface area (Å²) in [6.07, 6.45) is -3.55. The summed E-state index contributed by atoms with van der Waals surface area (Å²) >= 11 is 0. The maximum absolute atomic E-state index is 12.4. The SMILES string of the molecule is COc1ccc(OC(F)(F)F)cc1C=C1N=C(c2ccccc2)OC1=O. The summed E-state index contributed by atoms with van der Waals surface area (Å²) in [6, 6.07) is 12.3. The number of hydrogen-bond acceptors (Lipinski definition) is 5. The smallest absolute Gasteiger partial charge is 0.496 e. The van der Waals surface area contributed by atoms with Crippen molar-refractivity contribution in [3.8, 4) is 11.5 Å². The quantitative estimate of drug-likeness (QED) is 0.610. The zero-order valence-corrected chi connectivity index (χ0v) is 13.4. The van der Waals surface area contributed by atoms with Gasteiger partial charge in [-0.1, -0.05) is 18.2 Å². The van der Waals surface area contributed by atoms with Crippen LogP contribution in [0.3, 0.4) is 0 Å². The van der Waals surface area contributed by atoms with E-state index in [2.05, 4.69) is 9.73 Å². The lowest BCUT2D eigenvalue weighted by Gasteiger charge is -2.11. The van der Waals surface area contributed by atoms with Crippen LogP contribution >= 0.6 is 0 Å². The van der Waals surface area contributed by atoms with Crippen molar-refractivity contribution in [1.29, 1.82) is 0 Å². The molecule has 0 amide bonds. The van der Waals surface area contributed by atoms with Gasteiger partial charge in [-0.2, -0.15) is 0 Å². The number of carbonyl (C=O) groups excluding carboxylic acids is 1. The molecule has 1 aliphatic rings. The molecule has 5 nitrogen and oxygen atoms in total. The number of aliphatic imine (C=N–C) groups is 1. The van der Waals surface area contributed by atoms with E-state index in [9.17, 15) is 18.0 Å². The Kier molecular flexibility index (Phi) is 4.66. The third kappa shape index (κ3) is 4.02. The fraction of sp³-hybridized carbons (Fsp3) is 0.111. The van der Waals surface area contributed by atoms with Crippen LogP contribution in [0.1, 0.15) is 11.1 Å². The van der Waals surface area contributed by atoms with E-state index < -0.39 is 18.1 Å². The van der Waals surface area contributed by atoms with Gasteiger partial charge in [0, 0.05) is 11.1 Å².